The first-order valence-electron chi connectivity index (χ1n) is 5.54. The van der Waals surface area contributed by atoms with Crippen molar-refractivity contribution in [3.63, 3.8) is 0 Å². The molecular weight excluding hydrogens is 332 g/mol. The van der Waals surface area contributed by atoms with Crippen LogP contribution in [0.15, 0.2) is 28.9 Å². The third-order valence-corrected chi connectivity index (χ3v) is 3.19. The Kier molecular flexibility index (Phi) is 4.08. The Morgan fingerprint density at radius 1 is 1.50 bits per heavy atom. The van der Waals surface area contributed by atoms with Crippen LogP contribution in [-0.4, -0.2) is 31.0 Å². The molecule has 104 valence electrons. The van der Waals surface area contributed by atoms with Gasteiger partial charge in [0.15, 0.2) is 0 Å². The molecule has 0 unspecified atom stereocenters. The number of hydrogen-bond donors (Lipinski definition) is 1. The number of nitro benzene ring substituents is 1. The summed E-state index contributed by atoms with van der Waals surface area (Å²) in [5.74, 6) is -0.920. The minimum Gasteiger partial charge on any atom is -0.481 e. The van der Waals surface area contributed by atoms with Crippen LogP contribution in [0.1, 0.15) is 12.1 Å². The Balaban J connectivity index is 2.29. The summed E-state index contributed by atoms with van der Waals surface area (Å²) in [6.45, 7) is 0. The lowest BCUT2D eigenvalue weighted by molar-refractivity contribution is -0.384. The topological polar surface area (TPSA) is 111 Å². The normalized spacial score (nSPS) is 10.4. The van der Waals surface area contributed by atoms with Crippen LogP contribution in [0.25, 0.3) is 5.69 Å². The van der Waals surface area contributed by atoms with Gasteiger partial charge in [0.25, 0.3) is 5.69 Å². The quantitative estimate of drug-likeness (QED) is 0.657. The molecule has 20 heavy (non-hydrogen) atoms. The van der Waals surface area contributed by atoms with E-state index in [0.29, 0.717) is 15.9 Å². The maximum absolute atomic E-state index is 10.8. The van der Waals surface area contributed by atoms with Gasteiger partial charge in [0.1, 0.15) is 0 Å². The Morgan fingerprint density at radius 2 is 2.25 bits per heavy atom. The Bertz CT molecular complexity index is 670. The maximum atomic E-state index is 10.8. The molecule has 0 bridgehead atoms. The Morgan fingerprint density at radius 3 is 2.90 bits per heavy atom. The third-order valence-electron chi connectivity index (χ3n) is 2.52. The molecule has 9 heteroatoms. The fourth-order valence-electron chi connectivity index (χ4n) is 1.56. The van der Waals surface area contributed by atoms with Crippen LogP contribution in [0.3, 0.4) is 0 Å². The van der Waals surface area contributed by atoms with Crippen LogP contribution in [0.4, 0.5) is 5.69 Å². The van der Waals surface area contributed by atoms with E-state index >= 15 is 0 Å². The average Bonchev–Trinajstić information content (AvgIpc) is 2.85. The van der Waals surface area contributed by atoms with Gasteiger partial charge in [-0.1, -0.05) is 5.21 Å². The van der Waals surface area contributed by atoms with E-state index in [9.17, 15) is 14.9 Å². The molecule has 2 rings (SSSR count). The number of carboxylic acid groups (broad SMARTS) is 1. The molecule has 2 aromatic rings. The Labute approximate surface area is 121 Å². The molecule has 0 saturated heterocycles. The number of non-ortho nitro benzene ring substituents is 1. The van der Waals surface area contributed by atoms with E-state index in [1.807, 2.05) is 0 Å². The second-order valence-corrected chi connectivity index (χ2v) is 4.80. The van der Waals surface area contributed by atoms with Crippen molar-refractivity contribution in [1.29, 1.82) is 0 Å². The number of aliphatic carboxylic acids is 1. The monoisotopic (exact) mass is 340 g/mol. The lowest BCUT2D eigenvalue weighted by Crippen LogP contribution is -1.98. The van der Waals surface area contributed by atoms with Crippen LogP contribution in [0.5, 0.6) is 0 Å². The molecule has 1 heterocycles. The van der Waals surface area contributed by atoms with Crippen LogP contribution in [0.2, 0.25) is 0 Å². The van der Waals surface area contributed by atoms with Crippen molar-refractivity contribution < 1.29 is 14.8 Å². The van der Waals surface area contributed by atoms with Crippen molar-refractivity contribution in [3.8, 4) is 5.69 Å². The number of aromatic nitrogens is 3. The zero-order chi connectivity index (χ0) is 14.7. The van der Waals surface area contributed by atoms with E-state index in [2.05, 4.69) is 26.2 Å². The molecule has 0 aliphatic heterocycles. The van der Waals surface area contributed by atoms with Gasteiger partial charge in [-0.3, -0.25) is 14.9 Å². The van der Waals surface area contributed by atoms with Crippen LogP contribution in [0, 0.1) is 10.1 Å². The minimum absolute atomic E-state index is 0.0468. The molecule has 1 aromatic heterocycles. The van der Waals surface area contributed by atoms with Crippen molar-refractivity contribution in [3.05, 3.63) is 44.7 Å². The van der Waals surface area contributed by atoms with Crippen molar-refractivity contribution in [2.24, 2.45) is 0 Å². The highest BCUT2D eigenvalue weighted by Crippen LogP contribution is 2.25. The standard InChI is InChI=1S/C11H9BrN4O4/c12-9-3-2-8(16(19)20)5-10(9)15-6-7(13-14-15)1-4-11(17)18/h2-3,5-6H,1,4H2,(H,17,18). The molecular formula is C11H9BrN4O4. The summed E-state index contributed by atoms with van der Waals surface area (Å²) >= 11 is 3.28. The first-order chi connectivity index (χ1) is 9.47. The van der Waals surface area contributed by atoms with Crippen LogP contribution < -0.4 is 0 Å². The van der Waals surface area contributed by atoms with Gasteiger partial charge in [0, 0.05) is 23.0 Å². The van der Waals surface area contributed by atoms with Gasteiger partial charge >= 0.3 is 5.97 Å². The number of carbonyl (C=O) groups is 1. The van der Waals surface area contributed by atoms with E-state index < -0.39 is 10.9 Å². The molecule has 0 aliphatic carbocycles. The number of hydrogen-bond acceptors (Lipinski definition) is 5. The van der Waals surface area contributed by atoms with Crippen molar-refractivity contribution in [1.82, 2.24) is 15.0 Å². The number of aryl methyl sites for hydroxylation is 1. The fraction of sp³-hybridized carbons (Fsp3) is 0.182. The van der Waals surface area contributed by atoms with Crippen LogP contribution >= 0.6 is 15.9 Å². The lowest BCUT2D eigenvalue weighted by atomic mass is 10.2. The number of rotatable bonds is 5. The predicted octanol–water partition coefficient (Wildman–Crippen LogP) is 1.96. The molecule has 0 spiro atoms. The molecule has 1 aromatic carbocycles. The van der Waals surface area contributed by atoms with E-state index in [1.54, 1.807) is 12.3 Å². The number of benzene rings is 1. The van der Waals surface area contributed by atoms with E-state index in [4.69, 9.17) is 5.11 Å². The first-order valence-corrected chi connectivity index (χ1v) is 6.34. The van der Waals surface area contributed by atoms with Gasteiger partial charge in [-0.15, -0.1) is 5.10 Å². The molecule has 0 saturated carbocycles. The maximum Gasteiger partial charge on any atom is 0.303 e. The summed E-state index contributed by atoms with van der Waals surface area (Å²) in [6.07, 6.45) is 1.75. The summed E-state index contributed by atoms with van der Waals surface area (Å²) in [5.41, 5.74) is 0.907. The molecule has 0 fully saturated rings. The highest BCUT2D eigenvalue weighted by atomic mass is 79.9. The molecule has 0 aliphatic rings. The van der Waals surface area contributed by atoms with Gasteiger partial charge in [-0.05, 0) is 22.0 Å². The zero-order valence-corrected chi connectivity index (χ0v) is 11.6. The van der Waals surface area contributed by atoms with Gasteiger partial charge in [-0.25, -0.2) is 4.68 Å². The average molecular weight is 341 g/mol. The summed E-state index contributed by atoms with van der Waals surface area (Å²) < 4.78 is 1.99. The van der Waals surface area contributed by atoms with Crippen molar-refractivity contribution in [2.75, 3.05) is 0 Å². The number of nitro groups is 1. The molecule has 0 radical (unpaired) electrons. The van der Waals surface area contributed by atoms with Gasteiger partial charge in [0.05, 0.1) is 28.9 Å². The van der Waals surface area contributed by atoms with Crippen molar-refractivity contribution >= 4 is 27.6 Å². The van der Waals surface area contributed by atoms with Gasteiger partial charge in [0.2, 0.25) is 0 Å². The largest absolute Gasteiger partial charge is 0.481 e. The van der Waals surface area contributed by atoms with Crippen LogP contribution in [-0.2, 0) is 11.2 Å². The summed E-state index contributed by atoms with van der Waals surface area (Å²) in [5, 5.41) is 27.0. The minimum atomic E-state index is -0.920. The molecule has 1 N–H and O–H groups in total. The third kappa shape index (κ3) is 3.18. The summed E-state index contributed by atoms with van der Waals surface area (Å²) in [6, 6.07) is 4.28. The molecule has 0 amide bonds. The van der Waals surface area contributed by atoms with E-state index in [-0.39, 0.29) is 18.5 Å². The second kappa shape index (κ2) is 5.78. The highest BCUT2D eigenvalue weighted by molar-refractivity contribution is 9.10. The smallest absolute Gasteiger partial charge is 0.303 e. The lowest BCUT2D eigenvalue weighted by Gasteiger charge is -2.02. The van der Waals surface area contributed by atoms with E-state index in [0.717, 1.165) is 0 Å². The Hall–Kier alpha value is -2.29. The predicted molar refractivity (Wildman–Crippen MR) is 71.7 cm³/mol. The van der Waals surface area contributed by atoms with Crippen molar-refractivity contribution in [2.45, 2.75) is 12.8 Å². The SMILES string of the molecule is O=C(O)CCc1cn(-c2cc([N+](=O)[O-])ccc2Br)nn1. The molecule has 0 atom stereocenters. The fourth-order valence-corrected chi connectivity index (χ4v) is 1.98. The first kappa shape index (κ1) is 14.1. The zero-order valence-electron chi connectivity index (χ0n) is 10.1. The number of halogens is 1. The summed E-state index contributed by atoms with van der Waals surface area (Å²) in [7, 11) is 0. The second-order valence-electron chi connectivity index (χ2n) is 3.94. The highest BCUT2D eigenvalue weighted by Gasteiger charge is 2.13. The van der Waals surface area contributed by atoms with E-state index in [1.165, 1.54) is 16.8 Å². The van der Waals surface area contributed by atoms with Gasteiger partial charge < -0.3 is 5.11 Å². The molecule has 8 nitrogen and oxygen atoms in total. The number of carboxylic acids is 1. The van der Waals surface area contributed by atoms with Gasteiger partial charge in [-0.2, -0.15) is 0 Å². The number of nitrogens with zero attached hydrogens (tertiary/aromatic N) is 4. The summed E-state index contributed by atoms with van der Waals surface area (Å²) in [4.78, 5) is 20.7.